The van der Waals surface area contributed by atoms with Gasteiger partial charge < -0.3 is 0 Å². The van der Waals surface area contributed by atoms with Crippen LogP contribution in [-0.4, -0.2) is 16.2 Å². The molecule has 13 heavy (non-hydrogen) atoms. The fourth-order valence-corrected chi connectivity index (χ4v) is 2.10. The van der Waals surface area contributed by atoms with Crippen LogP contribution in [0, 0.1) is 0 Å². The molecule has 0 saturated heterocycles. The highest BCUT2D eigenvalue weighted by molar-refractivity contribution is 9.11. The van der Waals surface area contributed by atoms with E-state index in [0.717, 1.165) is 15.0 Å². The molecule has 1 aromatic heterocycles. The SMILES string of the molecule is CSC(C)(C)c1nc(Br)cc(Br)n1. The Bertz CT molecular complexity index is 295. The quantitative estimate of drug-likeness (QED) is 0.777. The van der Waals surface area contributed by atoms with Gasteiger partial charge in [0.25, 0.3) is 0 Å². The van der Waals surface area contributed by atoms with Gasteiger partial charge in [0.1, 0.15) is 15.0 Å². The number of hydrogen-bond donors (Lipinski definition) is 0. The van der Waals surface area contributed by atoms with E-state index in [2.05, 4.69) is 61.9 Å². The molecule has 0 aliphatic carbocycles. The molecule has 2 nitrogen and oxygen atoms in total. The van der Waals surface area contributed by atoms with Gasteiger partial charge in [0.15, 0.2) is 0 Å². The molecule has 0 unspecified atom stereocenters. The molecular formula is C8H10Br2N2S. The van der Waals surface area contributed by atoms with Gasteiger partial charge in [-0.2, -0.15) is 11.8 Å². The standard InChI is InChI=1S/C8H10Br2N2S/c1-8(2,13-3)7-11-5(9)4-6(10)12-7/h4H,1-3H3. The third-order valence-corrected chi connectivity index (χ3v) is 3.73. The molecule has 0 bridgehead atoms. The fraction of sp³-hybridized carbons (Fsp3) is 0.500. The molecular weight excluding hydrogens is 316 g/mol. The predicted molar refractivity (Wildman–Crippen MR) is 64.0 cm³/mol. The lowest BCUT2D eigenvalue weighted by Gasteiger charge is -2.20. The van der Waals surface area contributed by atoms with Gasteiger partial charge >= 0.3 is 0 Å². The summed E-state index contributed by atoms with van der Waals surface area (Å²) in [5.41, 5.74) is 0. The molecule has 0 fully saturated rings. The lowest BCUT2D eigenvalue weighted by atomic mass is 10.2. The zero-order valence-corrected chi connectivity index (χ0v) is 11.6. The Labute approximate surface area is 99.2 Å². The molecule has 0 aliphatic rings. The lowest BCUT2D eigenvalue weighted by molar-refractivity contribution is 0.702. The van der Waals surface area contributed by atoms with E-state index in [1.807, 2.05) is 6.07 Å². The summed E-state index contributed by atoms with van der Waals surface area (Å²) in [6, 6.07) is 1.83. The van der Waals surface area contributed by atoms with Crippen molar-refractivity contribution in [3.05, 3.63) is 21.1 Å². The van der Waals surface area contributed by atoms with Crippen molar-refractivity contribution in [1.82, 2.24) is 9.97 Å². The Hall–Kier alpha value is 0.390. The van der Waals surface area contributed by atoms with Crippen molar-refractivity contribution in [3.8, 4) is 0 Å². The van der Waals surface area contributed by atoms with Crippen LogP contribution in [-0.2, 0) is 4.75 Å². The topological polar surface area (TPSA) is 25.8 Å². The Balaban J connectivity index is 3.15. The van der Waals surface area contributed by atoms with Gasteiger partial charge in [-0.05, 0) is 52.0 Å². The third kappa shape index (κ3) is 2.92. The van der Waals surface area contributed by atoms with Crippen molar-refractivity contribution >= 4 is 43.6 Å². The molecule has 0 spiro atoms. The molecule has 0 N–H and O–H groups in total. The Morgan fingerprint density at radius 1 is 1.23 bits per heavy atom. The van der Waals surface area contributed by atoms with E-state index in [4.69, 9.17) is 0 Å². The summed E-state index contributed by atoms with van der Waals surface area (Å²) in [7, 11) is 0. The van der Waals surface area contributed by atoms with Crippen LogP contribution in [0.2, 0.25) is 0 Å². The number of rotatable bonds is 2. The normalized spacial score (nSPS) is 11.8. The van der Waals surface area contributed by atoms with Crippen molar-refractivity contribution in [1.29, 1.82) is 0 Å². The van der Waals surface area contributed by atoms with Crippen LogP contribution in [0.5, 0.6) is 0 Å². The van der Waals surface area contributed by atoms with E-state index >= 15 is 0 Å². The molecule has 5 heteroatoms. The van der Waals surface area contributed by atoms with Crippen LogP contribution in [0.25, 0.3) is 0 Å². The monoisotopic (exact) mass is 324 g/mol. The van der Waals surface area contributed by atoms with Gasteiger partial charge in [0.2, 0.25) is 0 Å². The summed E-state index contributed by atoms with van der Waals surface area (Å²) in [4.78, 5) is 8.66. The highest BCUT2D eigenvalue weighted by Crippen LogP contribution is 2.32. The number of hydrogen-bond acceptors (Lipinski definition) is 3. The minimum atomic E-state index is -0.0493. The van der Waals surface area contributed by atoms with Crippen LogP contribution in [0.3, 0.4) is 0 Å². The Morgan fingerprint density at radius 2 is 1.69 bits per heavy atom. The van der Waals surface area contributed by atoms with Gasteiger partial charge in [-0.1, -0.05) is 0 Å². The predicted octanol–water partition coefficient (Wildman–Crippen LogP) is 3.60. The maximum absolute atomic E-state index is 4.33. The molecule has 0 saturated carbocycles. The van der Waals surface area contributed by atoms with E-state index in [0.29, 0.717) is 0 Å². The van der Waals surface area contributed by atoms with Crippen molar-refractivity contribution < 1.29 is 0 Å². The van der Waals surface area contributed by atoms with Gasteiger partial charge in [0.05, 0.1) is 4.75 Å². The fourth-order valence-electron chi connectivity index (χ4n) is 0.751. The Kier molecular flexibility index (Phi) is 3.77. The molecule has 0 aromatic carbocycles. The second kappa shape index (κ2) is 4.28. The van der Waals surface area contributed by atoms with Gasteiger partial charge in [-0.3, -0.25) is 0 Å². The van der Waals surface area contributed by atoms with Crippen molar-refractivity contribution in [2.24, 2.45) is 0 Å². The van der Waals surface area contributed by atoms with Crippen LogP contribution in [0.15, 0.2) is 15.3 Å². The van der Waals surface area contributed by atoms with E-state index < -0.39 is 0 Å². The summed E-state index contributed by atoms with van der Waals surface area (Å²) >= 11 is 8.42. The Morgan fingerprint density at radius 3 is 2.08 bits per heavy atom. The summed E-state index contributed by atoms with van der Waals surface area (Å²) in [5, 5.41) is 0. The third-order valence-electron chi connectivity index (χ3n) is 1.71. The number of halogens is 2. The molecule has 1 rings (SSSR count). The van der Waals surface area contributed by atoms with Gasteiger partial charge in [-0.15, -0.1) is 0 Å². The van der Waals surface area contributed by atoms with Crippen molar-refractivity contribution in [3.63, 3.8) is 0 Å². The zero-order chi connectivity index (χ0) is 10.1. The lowest BCUT2D eigenvalue weighted by Crippen LogP contribution is -2.16. The first-order valence-electron chi connectivity index (χ1n) is 3.71. The molecule has 1 heterocycles. The maximum atomic E-state index is 4.33. The van der Waals surface area contributed by atoms with Crippen molar-refractivity contribution in [2.75, 3.05) is 6.26 Å². The van der Waals surface area contributed by atoms with E-state index in [1.165, 1.54) is 0 Å². The summed E-state index contributed by atoms with van der Waals surface area (Å²) in [6.45, 7) is 4.21. The first-order valence-corrected chi connectivity index (χ1v) is 6.52. The second-order valence-electron chi connectivity index (χ2n) is 3.05. The maximum Gasteiger partial charge on any atom is 0.146 e. The van der Waals surface area contributed by atoms with Gasteiger partial charge in [0, 0.05) is 6.07 Å². The largest absolute Gasteiger partial charge is 0.224 e. The van der Waals surface area contributed by atoms with Crippen LogP contribution >= 0.6 is 43.6 Å². The first kappa shape index (κ1) is 11.5. The van der Waals surface area contributed by atoms with Crippen molar-refractivity contribution in [2.45, 2.75) is 18.6 Å². The highest BCUT2D eigenvalue weighted by atomic mass is 79.9. The molecule has 0 amide bonds. The number of nitrogens with zero attached hydrogens (tertiary/aromatic N) is 2. The molecule has 0 atom stereocenters. The zero-order valence-electron chi connectivity index (χ0n) is 7.64. The van der Waals surface area contributed by atoms with E-state index in [1.54, 1.807) is 11.8 Å². The minimum Gasteiger partial charge on any atom is -0.224 e. The second-order valence-corrected chi connectivity index (χ2v) is 6.11. The van der Waals surface area contributed by atoms with Crippen LogP contribution in [0.1, 0.15) is 19.7 Å². The van der Waals surface area contributed by atoms with E-state index in [-0.39, 0.29) is 4.75 Å². The van der Waals surface area contributed by atoms with Crippen LogP contribution < -0.4 is 0 Å². The van der Waals surface area contributed by atoms with E-state index in [9.17, 15) is 0 Å². The smallest absolute Gasteiger partial charge is 0.146 e. The molecule has 0 radical (unpaired) electrons. The summed E-state index contributed by atoms with van der Waals surface area (Å²) in [5.74, 6) is 0.834. The van der Waals surface area contributed by atoms with Crippen LogP contribution in [0.4, 0.5) is 0 Å². The summed E-state index contributed by atoms with van der Waals surface area (Å²) < 4.78 is 1.57. The molecule has 0 aliphatic heterocycles. The van der Waals surface area contributed by atoms with Gasteiger partial charge in [-0.25, -0.2) is 9.97 Å². The average Bonchev–Trinajstić information content (AvgIpc) is 2.02. The first-order chi connectivity index (χ1) is 5.95. The minimum absolute atomic E-state index is 0.0493. The number of aromatic nitrogens is 2. The molecule has 72 valence electrons. The summed E-state index contributed by atoms with van der Waals surface area (Å²) in [6.07, 6.45) is 2.05. The number of thioether (sulfide) groups is 1. The average molecular weight is 326 g/mol. The molecule has 1 aromatic rings. The highest BCUT2D eigenvalue weighted by Gasteiger charge is 2.23.